The molecule has 0 spiro atoms. The number of benzene rings is 1. The predicted octanol–water partition coefficient (Wildman–Crippen LogP) is 3.11. The van der Waals surface area contributed by atoms with Gasteiger partial charge in [-0.1, -0.05) is 23.2 Å². The fourth-order valence-electron chi connectivity index (χ4n) is 1.71. The van der Waals surface area contributed by atoms with Crippen LogP contribution in [0.15, 0.2) is 24.5 Å². The van der Waals surface area contributed by atoms with Crippen molar-refractivity contribution in [1.82, 2.24) is 19.7 Å². The van der Waals surface area contributed by atoms with E-state index in [1.807, 2.05) is 0 Å². The SMILES string of the molecule is O=C(O)Oc1cnn(-c2nc3c(Cl)cc(Cl)cc3[nH]2)c1. The van der Waals surface area contributed by atoms with Gasteiger partial charge in [-0.2, -0.15) is 5.10 Å². The Bertz CT molecular complexity index is 811. The number of halogens is 2. The highest BCUT2D eigenvalue weighted by atomic mass is 35.5. The molecule has 0 amide bonds. The maximum absolute atomic E-state index is 10.4. The second-order valence-corrected chi connectivity index (χ2v) is 4.68. The molecule has 2 N–H and O–H groups in total. The van der Waals surface area contributed by atoms with Crippen LogP contribution >= 0.6 is 23.2 Å². The van der Waals surface area contributed by atoms with E-state index < -0.39 is 6.16 Å². The van der Waals surface area contributed by atoms with Gasteiger partial charge in [0.2, 0.25) is 5.95 Å². The Balaban J connectivity index is 2.04. The van der Waals surface area contributed by atoms with Crippen LogP contribution in [0.1, 0.15) is 0 Å². The lowest BCUT2D eigenvalue weighted by Crippen LogP contribution is -2.02. The fourth-order valence-corrected chi connectivity index (χ4v) is 2.25. The molecule has 7 nitrogen and oxygen atoms in total. The van der Waals surface area contributed by atoms with E-state index in [1.54, 1.807) is 12.1 Å². The van der Waals surface area contributed by atoms with Gasteiger partial charge in [0.05, 0.1) is 22.9 Å². The first-order valence-electron chi connectivity index (χ1n) is 5.33. The van der Waals surface area contributed by atoms with Crippen molar-refractivity contribution in [3.63, 3.8) is 0 Å². The number of fused-ring (bicyclic) bond motifs is 1. The summed E-state index contributed by atoms with van der Waals surface area (Å²) in [5, 5.41) is 13.3. The molecule has 0 aliphatic rings. The van der Waals surface area contributed by atoms with E-state index in [9.17, 15) is 4.79 Å². The first kappa shape index (κ1) is 12.8. The second kappa shape index (κ2) is 4.69. The number of carboxylic acid groups (broad SMARTS) is 1. The van der Waals surface area contributed by atoms with Crippen molar-refractivity contribution in [2.75, 3.05) is 0 Å². The van der Waals surface area contributed by atoms with Crippen LogP contribution in [0.4, 0.5) is 4.79 Å². The molecule has 0 aliphatic carbocycles. The van der Waals surface area contributed by atoms with Crippen molar-refractivity contribution < 1.29 is 14.6 Å². The molecular weight excluding hydrogens is 307 g/mol. The molecule has 3 rings (SSSR count). The lowest BCUT2D eigenvalue weighted by atomic mass is 10.3. The second-order valence-electron chi connectivity index (χ2n) is 3.83. The summed E-state index contributed by atoms with van der Waals surface area (Å²) in [4.78, 5) is 17.7. The zero-order valence-electron chi connectivity index (χ0n) is 9.67. The standard InChI is InChI=1S/C11H6Cl2N4O3/c12-5-1-7(13)9-8(2-5)15-10(16-9)17-4-6(3-14-17)20-11(18)19/h1-4H,(H,15,16)(H,18,19). The molecule has 0 fully saturated rings. The molecule has 20 heavy (non-hydrogen) atoms. The molecular formula is C11H6Cl2N4O3. The topological polar surface area (TPSA) is 93.0 Å². The fraction of sp³-hybridized carbons (Fsp3) is 0. The van der Waals surface area contributed by atoms with E-state index in [-0.39, 0.29) is 5.75 Å². The molecule has 0 atom stereocenters. The number of imidazole rings is 1. The number of ether oxygens (including phenoxy) is 1. The molecule has 0 radical (unpaired) electrons. The summed E-state index contributed by atoms with van der Waals surface area (Å²) in [6.07, 6.45) is 1.22. The van der Waals surface area contributed by atoms with Crippen LogP contribution < -0.4 is 4.74 Å². The Labute approximate surface area is 121 Å². The molecule has 0 saturated carbocycles. The van der Waals surface area contributed by atoms with Gasteiger partial charge in [0.25, 0.3) is 0 Å². The summed E-state index contributed by atoms with van der Waals surface area (Å²) in [5.74, 6) is 0.450. The Kier molecular flexibility index (Phi) is 3.00. The summed E-state index contributed by atoms with van der Waals surface area (Å²) < 4.78 is 5.81. The zero-order chi connectivity index (χ0) is 14.3. The van der Waals surface area contributed by atoms with Crippen LogP contribution in [0.5, 0.6) is 5.75 Å². The van der Waals surface area contributed by atoms with Crippen LogP contribution in [0, 0.1) is 0 Å². The molecule has 2 heterocycles. The van der Waals surface area contributed by atoms with Gasteiger partial charge in [0.1, 0.15) is 5.52 Å². The molecule has 2 aromatic heterocycles. The normalized spacial score (nSPS) is 10.9. The van der Waals surface area contributed by atoms with Crippen LogP contribution in [0.2, 0.25) is 10.0 Å². The predicted molar refractivity (Wildman–Crippen MR) is 71.9 cm³/mol. The first-order valence-corrected chi connectivity index (χ1v) is 6.09. The first-order chi connectivity index (χ1) is 9.52. The van der Waals surface area contributed by atoms with Crippen molar-refractivity contribution in [2.24, 2.45) is 0 Å². The highest BCUT2D eigenvalue weighted by Gasteiger charge is 2.11. The minimum Gasteiger partial charge on any atom is -0.449 e. The van der Waals surface area contributed by atoms with Gasteiger partial charge in [-0.25, -0.2) is 14.5 Å². The number of hydrogen-bond acceptors (Lipinski definition) is 4. The van der Waals surface area contributed by atoms with E-state index in [2.05, 4.69) is 19.8 Å². The van der Waals surface area contributed by atoms with E-state index in [4.69, 9.17) is 28.3 Å². The summed E-state index contributed by atoms with van der Waals surface area (Å²) in [7, 11) is 0. The minimum atomic E-state index is -1.41. The van der Waals surface area contributed by atoms with Gasteiger partial charge >= 0.3 is 6.16 Å². The van der Waals surface area contributed by atoms with Crippen molar-refractivity contribution >= 4 is 40.4 Å². The van der Waals surface area contributed by atoms with Crippen molar-refractivity contribution in [3.05, 3.63) is 34.6 Å². The third-order valence-corrected chi connectivity index (χ3v) is 2.98. The van der Waals surface area contributed by atoms with Crippen molar-refractivity contribution in [1.29, 1.82) is 0 Å². The lowest BCUT2D eigenvalue weighted by molar-refractivity contribution is 0.144. The summed E-state index contributed by atoms with van der Waals surface area (Å²) in [5.41, 5.74) is 1.19. The molecule has 0 aliphatic heterocycles. The zero-order valence-corrected chi connectivity index (χ0v) is 11.2. The van der Waals surface area contributed by atoms with E-state index in [0.717, 1.165) is 0 Å². The van der Waals surface area contributed by atoms with Crippen LogP contribution in [0.25, 0.3) is 17.0 Å². The molecule has 3 aromatic rings. The molecule has 0 saturated heterocycles. The maximum atomic E-state index is 10.4. The highest BCUT2D eigenvalue weighted by Crippen LogP contribution is 2.27. The Morgan fingerprint density at radius 2 is 2.20 bits per heavy atom. The monoisotopic (exact) mass is 312 g/mol. The molecule has 0 unspecified atom stereocenters. The number of carbonyl (C=O) groups is 1. The number of hydrogen-bond donors (Lipinski definition) is 2. The Hall–Kier alpha value is -2.25. The lowest BCUT2D eigenvalue weighted by Gasteiger charge is -1.93. The maximum Gasteiger partial charge on any atom is 0.511 e. The third-order valence-electron chi connectivity index (χ3n) is 2.47. The van der Waals surface area contributed by atoms with Gasteiger partial charge in [-0.3, -0.25) is 0 Å². The average molecular weight is 313 g/mol. The van der Waals surface area contributed by atoms with E-state index in [1.165, 1.54) is 17.1 Å². The Morgan fingerprint density at radius 3 is 2.95 bits per heavy atom. The van der Waals surface area contributed by atoms with Crippen LogP contribution in [-0.4, -0.2) is 31.0 Å². The van der Waals surface area contributed by atoms with Crippen LogP contribution in [0.3, 0.4) is 0 Å². The number of rotatable bonds is 2. The smallest absolute Gasteiger partial charge is 0.449 e. The number of aromatic nitrogens is 4. The van der Waals surface area contributed by atoms with Crippen molar-refractivity contribution in [3.8, 4) is 11.7 Å². The molecule has 102 valence electrons. The number of H-pyrrole nitrogens is 1. The number of nitrogens with zero attached hydrogens (tertiary/aromatic N) is 3. The molecule has 1 aromatic carbocycles. The van der Waals surface area contributed by atoms with E-state index in [0.29, 0.717) is 27.0 Å². The van der Waals surface area contributed by atoms with Gasteiger partial charge < -0.3 is 14.8 Å². The minimum absolute atomic E-state index is 0.0853. The Morgan fingerprint density at radius 1 is 1.40 bits per heavy atom. The number of aromatic amines is 1. The van der Waals surface area contributed by atoms with Gasteiger partial charge in [-0.05, 0) is 12.1 Å². The number of nitrogens with one attached hydrogen (secondary N) is 1. The highest BCUT2D eigenvalue weighted by molar-refractivity contribution is 6.38. The van der Waals surface area contributed by atoms with Gasteiger partial charge in [-0.15, -0.1) is 0 Å². The van der Waals surface area contributed by atoms with E-state index >= 15 is 0 Å². The molecule has 9 heteroatoms. The van der Waals surface area contributed by atoms with Gasteiger partial charge in [0, 0.05) is 5.02 Å². The summed E-state index contributed by atoms with van der Waals surface area (Å²) in [6.45, 7) is 0. The largest absolute Gasteiger partial charge is 0.511 e. The summed E-state index contributed by atoms with van der Waals surface area (Å²) >= 11 is 11.9. The average Bonchev–Trinajstić information content (AvgIpc) is 2.94. The quantitative estimate of drug-likeness (QED) is 0.709. The van der Waals surface area contributed by atoms with Gasteiger partial charge in [0.15, 0.2) is 5.75 Å². The van der Waals surface area contributed by atoms with Crippen LogP contribution in [-0.2, 0) is 0 Å². The third kappa shape index (κ3) is 2.28. The van der Waals surface area contributed by atoms with Crippen molar-refractivity contribution in [2.45, 2.75) is 0 Å². The molecule has 0 bridgehead atoms. The summed E-state index contributed by atoms with van der Waals surface area (Å²) in [6, 6.07) is 3.26.